The molecule has 5 nitrogen and oxygen atoms in total. The lowest BCUT2D eigenvalue weighted by Gasteiger charge is -2.32. The Balaban J connectivity index is 1.37. The van der Waals surface area contributed by atoms with Crippen molar-refractivity contribution in [3.8, 4) is 5.75 Å². The van der Waals surface area contributed by atoms with E-state index < -0.39 is 0 Å². The average Bonchev–Trinajstić information content (AvgIpc) is 3.46. The van der Waals surface area contributed by atoms with E-state index in [1.807, 2.05) is 12.1 Å². The Labute approximate surface area is 176 Å². The van der Waals surface area contributed by atoms with E-state index in [1.165, 1.54) is 10.7 Å². The fraction of sp³-hybridized carbons (Fsp3) is 0.565. The lowest BCUT2D eigenvalue weighted by atomic mass is 9.86. The Morgan fingerprint density at radius 3 is 2.79 bits per heavy atom. The standard InChI is InChI=1S/C23H29N3O2S/c1-15(2)19-14-29-21(24-19)20-11-17-13-25(12-16-5-7-18(28-3)8-6-16)22(27)23(17)9-4-10-26(20)23/h5-8,14-15,17,20H,4,9-13H2,1-3H3/t17-,20-,23-/m0/s1. The fourth-order valence-corrected chi connectivity index (χ4v) is 6.72. The fourth-order valence-electron chi connectivity index (χ4n) is 5.62. The van der Waals surface area contributed by atoms with E-state index in [9.17, 15) is 4.79 Å². The van der Waals surface area contributed by atoms with Crippen molar-refractivity contribution in [2.75, 3.05) is 20.2 Å². The van der Waals surface area contributed by atoms with Gasteiger partial charge in [0.2, 0.25) is 5.91 Å². The van der Waals surface area contributed by atoms with Gasteiger partial charge in [0.15, 0.2) is 0 Å². The summed E-state index contributed by atoms with van der Waals surface area (Å²) in [6.45, 7) is 6.95. The molecule has 5 rings (SSSR count). The van der Waals surface area contributed by atoms with Crippen molar-refractivity contribution in [2.24, 2.45) is 5.92 Å². The topological polar surface area (TPSA) is 45.7 Å². The molecule has 2 aromatic rings. The summed E-state index contributed by atoms with van der Waals surface area (Å²) in [5.74, 6) is 2.05. The highest BCUT2D eigenvalue weighted by Gasteiger charge is 2.65. The van der Waals surface area contributed by atoms with Gasteiger partial charge in [-0.1, -0.05) is 26.0 Å². The van der Waals surface area contributed by atoms with Gasteiger partial charge in [-0.2, -0.15) is 0 Å². The van der Waals surface area contributed by atoms with Crippen molar-refractivity contribution in [3.05, 3.63) is 45.9 Å². The molecular weight excluding hydrogens is 382 g/mol. The molecule has 3 fully saturated rings. The van der Waals surface area contributed by atoms with Crippen molar-refractivity contribution >= 4 is 17.2 Å². The van der Waals surface area contributed by atoms with Crippen LogP contribution in [0.1, 0.15) is 61.3 Å². The number of likely N-dealkylation sites (tertiary alicyclic amines) is 1. The van der Waals surface area contributed by atoms with E-state index in [-0.39, 0.29) is 5.54 Å². The maximum absolute atomic E-state index is 13.7. The SMILES string of the molecule is COc1ccc(CN2C[C@@H]3C[C@@H](c4nc(C(C)C)cs4)N4CCC[C@@]34C2=O)cc1. The lowest BCUT2D eigenvalue weighted by molar-refractivity contribution is -0.137. The van der Waals surface area contributed by atoms with Crippen LogP contribution in [0.3, 0.4) is 0 Å². The molecule has 0 bridgehead atoms. The third-order valence-corrected chi connectivity index (χ3v) is 8.04. The zero-order valence-corrected chi connectivity index (χ0v) is 18.2. The number of carbonyl (C=O) groups is 1. The molecule has 1 amide bonds. The van der Waals surface area contributed by atoms with Crippen molar-refractivity contribution < 1.29 is 9.53 Å². The summed E-state index contributed by atoms with van der Waals surface area (Å²) in [5, 5.41) is 3.41. The first kappa shape index (κ1) is 19.1. The van der Waals surface area contributed by atoms with Gasteiger partial charge in [0.1, 0.15) is 16.3 Å². The van der Waals surface area contributed by atoms with Crippen LogP contribution in [-0.4, -0.2) is 46.4 Å². The van der Waals surface area contributed by atoms with Crippen LogP contribution in [0.2, 0.25) is 0 Å². The van der Waals surface area contributed by atoms with Crippen molar-refractivity contribution in [3.63, 3.8) is 0 Å². The van der Waals surface area contributed by atoms with Gasteiger partial charge in [-0.15, -0.1) is 11.3 Å². The summed E-state index contributed by atoms with van der Waals surface area (Å²) in [6.07, 6.45) is 3.15. The monoisotopic (exact) mass is 411 g/mol. The lowest BCUT2D eigenvalue weighted by Crippen LogP contribution is -2.49. The molecule has 154 valence electrons. The summed E-state index contributed by atoms with van der Waals surface area (Å²) >= 11 is 1.78. The third-order valence-electron chi connectivity index (χ3n) is 7.08. The van der Waals surface area contributed by atoms with E-state index in [0.29, 0.717) is 30.3 Å². The van der Waals surface area contributed by atoms with Crippen LogP contribution in [0.25, 0.3) is 0 Å². The molecule has 1 aromatic carbocycles. The number of aromatic nitrogens is 1. The largest absolute Gasteiger partial charge is 0.497 e. The first-order valence-electron chi connectivity index (χ1n) is 10.7. The highest BCUT2D eigenvalue weighted by atomic mass is 32.1. The van der Waals surface area contributed by atoms with E-state index in [1.54, 1.807) is 18.4 Å². The Hall–Kier alpha value is -1.92. The summed E-state index contributed by atoms with van der Waals surface area (Å²) in [7, 11) is 1.68. The number of rotatable bonds is 5. The Morgan fingerprint density at radius 1 is 1.31 bits per heavy atom. The second kappa shape index (κ2) is 7.10. The molecule has 0 N–H and O–H groups in total. The van der Waals surface area contributed by atoms with Crippen LogP contribution in [0.4, 0.5) is 0 Å². The minimum absolute atomic E-state index is 0.291. The van der Waals surface area contributed by atoms with Gasteiger partial charge in [-0.25, -0.2) is 4.98 Å². The van der Waals surface area contributed by atoms with Gasteiger partial charge in [-0.3, -0.25) is 9.69 Å². The third kappa shape index (κ3) is 2.91. The minimum atomic E-state index is -0.291. The summed E-state index contributed by atoms with van der Waals surface area (Å²) in [4.78, 5) is 23.2. The number of benzene rings is 1. The van der Waals surface area contributed by atoms with E-state index in [0.717, 1.165) is 43.7 Å². The Kier molecular flexibility index (Phi) is 4.67. The van der Waals surface area contributed by atoms with Crippen molar-refractivity contribution in [1.29, 1.82) is 0 Å². The predicted molar refractivity (Wildman–Crippen MR) is 114 cm³/mol. The van der Waals surface area contributed by atoms with Gasteiger partial charge in [-0.05, 0) is 49.4 Å². The number of methoxy groups -OCH3 is 1. The highest BCUT2D eigenvalue weighted by molar-refractivity contribution is 7.09. The predicted octanol–water partition coefficient (Wildman–Crippen LogP) is 4.21. The van der Waals surface area contributed by atoms with Crippen LogP contribution < -0.4 is 4.74 Å². The maximum atomic E-state index is 13.7. The second-order valence-corrected chi connectivity index (χ2v) is 9.86. The Morgan fingerprint density at radius 2 is 2.10 bits per heavy atom. The van der Waals surface area contributed by atoms with Crippen LogP contribution in [-0.2, 0) is 11.3 Å². The van der Waals surface area contributed by atoms with E-state index >= 15 is 0 Å². The number of carbonyl (C=O) groups excluding carboxylic acids is 1. The zero-order chi connectivity index (χ0) is 20.2. The number of hydrogen-bond donors (Lipinski definition) is 0. The summed E-state index contributed by atoms with van der Waals surface area (Å²) in [6, 6.07) is 8.39. The average molecular weight is 412 g/mol. The van der Waals surface area contributed by atoms with Crippen LogP contribution in [0.15, 0.2) is 29.6 Å². The highest BCUT2D eigenvalue weighted by Crippen LogP contribution is 2.56. The van der Waals surface area contributed by atoms with Gasteiger partial charge >= 0.3 is 0 Å². The molecule has 0 saturated carbocycles. The van der Waals surface area contributed by atoms with Crippen LogP contribution in [0, 0.1) is 5.92 Å². The molecule has 0 aliphatic carbocycles. The van der Waals surface area contributed by atoms with Crippen molar-refractivity contribution in [2.45, 2.75) is 57.2 Å². The number of hydrogen-bond acceptors (Lipinski definition) is 5. The molecule has 3 saturated heterocycles. The first-order valence-corrected chi connectivity index (χ1v) is 11.5. The molecule has 3 aliphatic heterocycles. The van der Waals surface area contributed by atoms with Gasteiger partial charge < -0.3 is 9.64 Å². The molecule has 4 heterocycles. The van der Waals surface area contributed by atoms with Crippen LogP contribution >= 0.6 is 11.3 Å². The number of amides is 1. The second-order valence-electron chi connectivity index (χ2n) is 8.97. The minimum Gasteiger partial charge on any atom is -0.497 e. The summed E-state index contributed by atoms with van der Waals surface area (Å²) < 4.78 is 5.25. The van der Waals surface area contributed by atoms with Gasteiger partial charge in [0.25, 0.3) is 0 Å². The summed E-state index contributed by atoms with van der Waals surface area (Å²) in [5.41, 5.74) is 2.06. The quantitative estimate of drug-likeness (QED) is 0.739. The Bertz CT molecular complexity index is 909. The number of ether oxygens (including phenoxy) is 1. The molecule has 1 spiro atoms. The van der Waals surface area contributed by atoms with E-state index in [2.05, 4.69) is 41.2 Å². The zero-order valence-electron chi connectivity index (χ0n) is 17.4. The molecule has 6 heteroatoms. The van der Waals surface area contributed by atoms with Crippen LogP contribution in [0.5, 0.6) is 5.75 Å². The molecule has 29 heavy (non-hydrogen) atoms. The number of nitrogens with zero attached hydrogens (tertiary/aromatic N) is 3. The molecule has 0 unspecified atom stereocenters. The first-order chi connectivity index (χ1) is 14.0. The maximum Gasteiger partial charge on any atom is 0.243 e. The van der Waals surface area contributed by atoms with Gasteiger partial charge in [0.05, 0.1) is 18.8 Å². The molecule has 3 aliphatic rings. The molecular formula is C23H29N3O2S. The smallest absolute Gasteiger partial charge is 0.243 e. The normalized spacial score (nSPS) is 29.0. The van der Waals surface area contributed by atoms with Crippen molar-refractivity contribution in [1.82, 2.24) is 14.8 Å². The van der Waals surface area contributed by atoms with Gasteiger partial charge in [0, 0.05) is 24.4 Å². The molecule has 1 aromatic heterocycles. The van der Waals surface area contributed by atoms with E-state index in [4.69, 9.17) is 9.72 Å². The molecule has 3 atom stereocenters. The number of thiazole rings is 1. The molecule has 0 radical (unpaired) electrons.